The summed E-state index contributed by atoms with van der Waals surface area (Å²) in [5.74, 6) is 2.99. The van der Waals surface area contributed by atoms with Gasteiger partial charge in [0, 0.05) is 32.4 Å². The van der Waals surface area contributed by atoms with E-state index in [1.165, 1.54) is 19.3 Å². The van der Waals surface area contributed by atoms with Crippen LogP contribution >= 0.6 is 11.6 Å². The first-order valence-electron chi connectivity index (χ1n) is 8.36. The van der Waals surface area contributed by atoms with E-state index in [1.807, 2.05) is 12.1 Å². The lowest BCUT2D eigenvalue weighted by atomic mass is 10.0. The second-order valence-corrected chi connectivity index (χ2v) is 7.40. The molecule has 118 valence electrons. The lowest BCUT2D eigenvalue weighted by molar-refractivity contribution is -0.134. The molecule has 2 saturated heterocycles. The van der Waals surface area contributed by atoms with Gasteiger partial charge in [0.2, 0.25) is 5.91 Å². The van der Waals surface area contributed by atoms with E-state index in [-0.39, 0.29) is 5.92 Å². The maximum absolute atomic E-state index is 12.8. The quantitative estimate of drug-likeness (QED) is 0.841. The molecule has 22 heavy (non-hydrogen) atoms. The number of aromatic nitrogens is 1. The predicted octanol–water partition coefficient (Wildman–Crippen LogP) is 2.82. The maximum Gasteiger partial charge on any atom is 0.227 e. The third-order valence-corrected chi connectivity index (χ3v) is 5.83. The molecule has 0 N–H and O–H groups in total. The van der Waals surface area contributed by atoms with Crippen molar-refractivity contribution < 1.29 is 4.79 Å². The first kappa shape index (κ1) is 14.3. The number of hydrogen-bond acceptors (Lipinski definition) is 3. The minimum absolute atomic E-state index is 0.135. The summed E-state index contributed by atoms with van der Waals surface area (Å²) in [7, 11) is 0. The second kappa shape index (κ2) is 5.73. The van der Waals surface area contributed by atoms with Gasteiger partial charge in [-0.15, -0.1) is 0 Å². The van der Waals surface area contributed by atoms with Crippen molar-refractivity contribution in [2.24, 2.45) is 17.8 Å². The van der Waals surface area contributed by atoms with Crippen molar-refractivity contribution in [3.8, 4) is 0 Å². The van der Waals surface area contributed by atoms with E-state index in [0.717, 1.165) is 50.3 Å². The summed E-state index contributed by atoms with van der Waals surface area (Å²) in [6, 6.07) is 3.80. The Balaban J connectivity index is 1.38. The average Bonchev–Trinajstić information content (AvgIpc) is 3.22. The molecule has 3 fully saturated rings. The smallest absolute Gasteiger partial charge is 0.227 e. The summed E-state index contributed by atoms with van der Waals surface area (Å²) in [5, 5.41) is 0.652. The summed E-state index contributed by atoms with van der Waals surface area (Å²) in [5.41, 5.74) is 0. The number of pyridine rings is 1. The van der Waals surface area contributed by atoms with Crippen molar-refractivity contribution in [2.75, 3.05) is 31.1 Å². The molecule has 3 unspecified atom stereocenters. The molecule has 2 aliphatic heterocycles. The molecule has 0 bridgehead atoms. The van der Waals surface area contributed by atoms with Gasteiger partial charge in [0.05, 0.1) is 10.9 Å². The number of nitrogens with zero attached hydrogens (tertiary/aromatic N) is 3. The number of anilines is 1. The third kappa shape index (κ3) is 2.58. The Morgan fingerprint density at radius 2 is 1.91 bits per heavy atom. The fourth-order valence-electron chi connectivity index (χ4n) is 4.40. The Labute approximate surface area is 136 Å². The maximum atomic E-state index is 12.8. The van der Waals surface area contributed by atoms with Gasteiger partial charge in [-0.1, -0.05) is 18.0 Å². The van der Waals surface area contributed by atoms with Crippen molar-refractivity contribution in [2.45, 2.75) is 25.7 Å². The number of carbonyl (C=O) groups is 1. The largest absolute Gasteiger partial charge is 0.356 e. The van der Waals surface area contributed by atoms with Crippen LogP contribution in [0, 0.1) is 17.8 Å². The Bertz CT molecular complexity index is 550. The molecule has 3 aliphatic rings. The highest BCUT2D eigenvalue weighted by molar-refractivity contribution is 6.30. The molecule has 3 heterocycles. The van der Waals surface area contributed by atoms with Crippen molar-refractivity contribution in [1.29, 1.82) is 0 Å². The van der Waals surface area contributed by atoms with E-state index in [0.29, 0.717) is 10.9 Å². The van der Waals surface area contributed by atoms with Crippen LogP contribution in [-0.4, -0.2) is 42.0 Å². The van der Waals surface area contributed by atoms with Gasteiger partial charge in [0.15, 0.2) is 0 Å². The SMILES string of the molecule is O=C(C1CCN(c2ccc(Cl)cn2)C1)N1CC2CCCC2C1. The van der Waals surface area contributed by atoms with Crippen molar-refractivity contribution in [3.63, 3.8) is 0 Å². The molecule has 1 saturated carbocycles. The van der Waals surface area contributed by atoms with Gasteiger partial charge in [-0.3, -0.25) is 4.79 Å². The van der Waals surface area contributed by atoms with Crippen LogP contribution in [0.4, 0.5) is 5.82 Å². The minimum Gasteiger partial charge on any atom is -0.356 e. The lowest BCUT2D eigenvalue weighted by Crippen LogP contribution is -2.36. The van der Waals surface area contributed by atoms with Gasteiger partial charge >= 0.3 is 0 Å². The summed E-state index contributed by atoms with van der Waals surface area (Å²) in [4.78, 5) is 21.5. The Hall–Kier alpha value is -1.29. The predicted molar refractivity (Wildman–Crippen MR) is 87.0 cm³/mol. The summed E-state index contributed by atoms with van der Waals surface area (Å²) in [6.45, 7) is 3.70. The molecule has 0 spiro atoms. The number of hydrogen-bond donors (Lipinski definition) is 0. The summed E-state index contributed by atoms with van der Waals surface area (Å²) < 4.78 is 0. The fraction of sp³-hybridized carbons (Fsp3) is 0.647. The fourth-order valence-corrected chi connectivity index (χ4v) is 4.51. The molecule has 5 heteroatoms. The van der Waals surface area contributed by atoms with Gasteiger partial charge in [-0.2, -0.15) is 0 Å². The molecule has 1 amide bonds. The first-order valence-corrected chi connectivity index (χ1v) is 8.74. The van der Waals surface area contributed by atoms with Gasteiger partial charge in [-0.25, -0.2) is 4.98 Å². The molecule has 3 atom stereocenters. The van der Waals surface area contributed by atoms with Crippen molar-refractivity contribution >= 4 is 23.3 Å². The second-order valence-electron chi connectivity index (χ2n) is 6.96. The van der Waals surface area contributed by atoms with Crippen LogP contribution in [0.1, 0.15) is 25.7 Å². The van der Waals surface area contributed by atoms with E-state index in [9.17, 15) is 4.79 Å². The number of rotatable bonds is 2. The molecule has 4 rings (SSSR count). The Morgan fingerprint density at radius 1 is 1.14 bits per heavy atom. The molecular formula is C17H22ClN3O. The van der Waals surface area contributed by atoms with Crippen LogP contribution < -0.4 is 4.90 Å². The highest BCUT2D eigenvalue weighted by atomic mass is 35.5. The number of likely N-dealkylation sites (tertiary alicyclic amines) is 1. The highest BCUT2D eigenvalue weighted by Gasteiger charge is 2.41. The molecule has 0 aromatic carbocycles. The Morgan fingerprint density at radius 3 is 2.59 bits per heavy atom. The molecule has 4 nitrogen and oxygen atoms in total. The van der Waals surface area contributed by atoms with Crippen molar-refractivity contribution in [3.05, 3.63) is 23.4 Å². The van der Waals surface area contributed by atoms with Crippen LogP contribution in [0.3, 0.4) is 0 Å². The van der Waals surface area contributed by atoms with E-state index in [2.05, 4.69) is 14.8 Å². The monoisotopic (exact) mass is 319 g/mol. The van der Waals surface area contributed by atoms with Gasteiger partial charge in [0.25, 0.3) is 0 Å². The minimum atomic E-state index is 0.135. The summed E-state index contributed by atoms with van der Waals surface area (Å²) in [6.07, 6.45) is 6.61. The van der Waals surface area contributed by atoms with Crippen LogP contribution in [-0.2, 0) is 4.79 Å². The molecule has 1 aromatic rings. The number of amides is 1. The number of carbonyl (C=O) groups excluding carboxylic acids is 1. The molecule has 0 radical (unpaired) electrons. The topological polar surface area (TPSA) is 36.4 Å². The van der Waals surface area contributed by atoms with Crippen LogP contribution in [0.15, 0.2) is 18.3 Å². The van der Waals surface area contributed by atoms with E-state index < -0.39 is 0 Å². The van der Waals surface area contributed by atoms with Gasteiger partial charge in [-0.05, 0) is 43.2 Å². The molecule has 1 aliphatic carbocycles. The zero-order valence-corrected chi connectivity index (χ0v) is 13.5. The zero-order chi connectivity index (χ0) is 15.1. The third-order valence-electron chi connectivity index (χ3n) is 5.61. The summed E-state index contributed by atoms with van der Waals surface area (Å²) >= 11 is 5.89. The molecular weight excluding hydrogens is 298 g/mol. The molecule has 1 aromatic heterocycles. The van der Waals surface area contributed by atoms with Crippen LogP contribution in [0.2, 0.25) is 5.02 Å². The van der Waals surface area contributed by atoms with Crippen LogP contribution in [0.25, 0.3) is 0 Å². The normalized spacial score (nSPS) is 30.9. The van der Waals surface area contributed by atoms with Crippen LogP contribution in [0.5, 0.6) is 0 Å². The lowest BCUT2D eigenvalue weighted by Gasteiger charge is -2.22. The van der Waals surface area contributed by atoms with E-state index >= 15 is 0 Å². The number of fused-ring (bicyclic) bond motifs is 1. The highest BCUT2D eigenvalue weighted by Crippen LogP contribution is 2.38. The average molecular weight is 320 g/mol. The number of halogens is 1. The standard InChI is InChI=1S/C17H22ClN3O/c18-15-4-5-16(19-8-15)20-7-6-14(11-20)17(22)21-9-12-2-1-3-13(12)10-21/h4-5,8,12-14H,1-3,6-7,9-11H2. The van der Waals surface area contributed by atoms with Crippen molar-refractivity contribution in [1.82, 2.24) is 9.88 Å². The van der Waals surface area contributed by atoms with E-state index in [4.69, 9.17) is 11.6 Å². The van der Waals surface area contributed by atoms with Gasteiger partial charge < -0.3 is 9.80 Å². The first-order chi connectivity index (χ1) is 10.7. The van der Waals surface area contributed by atoms with E-state index in [1.54, 1.807) is 6.20 Å². The Kier molecular flexibility index (Phi) is 3.73. The zero-order valence-electron chi connectivity index (χ0n) is 12.7. The van der Waals surface area contributed by atoms with Gasteiger partial charge in [0.1, 0.15) is 5.82 Å².